The van der Waals surface area contributed by atoms with E-state index in [1.165, 1.54) is 4.31 Å². The van der Waals surface area contributed by atoms with E-state index in [1.807, 2.05) is 18.2 Å². The Bertz CT molecular complexity index is 1260. The molecule has 9 heteroatoms. The van der Waals surface area contributed by atoms with Crippen molar-refractivity contribution in [2.75, 3.05) is 13.1 Å². The number of fused-ring (bicyclic) bond motifs is 1. The summed E-state index contributed by atoms with van der Waals surface area (Å²) in [5.74, 6) is -0.728. The van der Waals surface area contributed by atoms with Crippen molar-refractivity contribution in [3.63, 3.8) is 0 Å². The predicted octanol–water partition coefficient (Wildman–Crippen LogP) is 3.31. The third-order valence-electron chi connectivity index (χ3n) is 5.88. The zero-order valence-corrected chi connectivity index (χ0v) is 19.3. The number of hydrazine groups is 1. The van der Waals surface area contributed by atoms with E-state index in [4.69, 9.17) is 4.42 Å². The van der Waals surface area contributed by atoms with Crippen molar-refractivity contribution in [3.05, 3.63) is 65.4 Å². The number of benzene rings is 2. The smallest absolute Gasteiger partial charge is 0.305 e. The lowest BCUT2D eigenvalue weighted by atomic mass is 10.1. The Balaban J connectivity index is 1.29. The molecule has 2 amide bonds. The van der Waals surface area contributed by atoms with Gasteiger partial charge in [0, 0.05) is 30.5 Å². The second kappa shape index (κ2) is 9.76. The zero-order chi connectivity index (χ0) is 23.4. The number of carbonyl (C=O) groups excluding carboxylic acids is 2. The molecule has 0 atom stereocenters. The molecule has 0 bridgehead atoms. The zero-order valence-electron chi connectivity index (χ0n) is 18.5. The van der Waals surface area contributed by atoms with Crippen LogP contribution in [0.3, 0.4) is 0 Å². The van der Waals surface area contributed by atoms with Gasteiger partial charge in [-0.05, 0) is 49.9 Å². The van der Waals surface area contributed by atoms with Gasteiger partial charge >= 0.3 is 5.91 Å². The highest BCUT2D eigenvalue weighted by Gasteiger charge is 2.25. The first kappa shape index (κ1) is 23.0. The van der Waals surface area contributed by atoms with Crippen molar-refractivity contribution in [1.29, 1.82) is 0 Å². The summed E-state index contributed by atoms with van der Waals surface area (Å²) < 4.78 is 32.6. The molecule has 1 aromatic heterocycles. The number of sulfonamides is 1. The van der Waals surface area contributed by atoms with Crippen molar-refractivity contribution in [1.82, 2.24) is 15.2 Å². The minimum atomic E-state index is -3.47. The van der Waals surface area contributed by atoms with Crippen LogP contribution in [0.15, 0.2) is 57.8 Å². The molecule has 2 N–H and O–H groups in total. The monoisotopic (exact) mass is 469 g/mol. The molecule has 33 heavy (non-hydrogen) atoms. The van der Waals surface area contributed by atoms with Crippen LogP contribution in [0.4, 0.5) is 0 Å². The Labute approximate surface area is 193 Å². The minimum Gasteiger partial charge on any atom is -0.451 e. The molecule has 0 unspecified atom stereocenters. The first-order chi connectivity index (χ1) is 15.9. The van der Waals surface area contributed by atoms with E-state index in [9.17, 15) is 18.0 Å². The maximum Gasteiger partial charge on any atom is 0.305 e. The molecule has 4 rings (SSSR count). The molecule has 1 aliphatic heterocycles. The maximum atomic E-state index is 12.7. The maximum absolute atomic E-state index is 12.7. The lowest BCUT2D eigenvalue weighted by Crippen LogP contribution is -2.41. The number of furan rings is 1. The molecule has 174 valence electrons. The van der Waals surface area contributed by atoms with Crippen LogP contribution in [-0.2, 0) is 21.2 Å². The number of nitrogens with one attached hydrogen (secondary N) is 2. The van der Waals surface area contributed by atoms with Crippen LogP contribution >= 0.6 is 0 Å². The molecule has 2 heterocycles. The van der Waals surface area contributed by atoms with Gasteiger partial charge < -0.3 is 4.42 Å². The third-order valence-corrected chi connectivity index (χ3v) is 7.80. The van der Waals surface area contributed by atoms with Gasteiger partial charge in [0.25, 0.3) is 0 Å². The van der Waals surface area contributed by atoms with Gasteiger partial charge in [0.15, 0.2) is 5.76 Å². The molecule has 1 saturated heterocycles. The van der Waals surface area contributed by atoms with Crippen molar-refractivity contribution in [3.8, 4) is 0 Å². The standard InChI is InChI=1S/C24H27N3O5S/c1-17-20-7-3-4-8-21(20)32-23(17)24(29)26-25-22(28)14-11-18-9-12-19(13-10-18)33(30,31)27-15-5-2-6-16-27/h3-4,7-10,12-13H,2,5-6,11,14-16H2,1H3,(H,25,28)(H,26,29). The number of nitrogens with zero attached hydrogens (tertiary/aromatic N) is 1. The predicted molar refractivity (Wildman–Crippen MR) is 124 cm³/mol. The number of hydrogen-bond acceptors (Lipinski definition) is 5. The van der Waals surface area contributed by atoms with Crippen molar-refractivity contribution in [2.24, 2.45) is 0 Å². The molecule has 2 aromatic carbocycles. The summed E-state index contributed by atoms with van der Waals surface area (Å²) in [7, 11) is -3.47. The van der Waals surface area contributed by atoms with Crippen molar-refractivity contribution < 1.29 is 22.4 Å². The van der Waals surface area contributed by atoms with Gasteiger partial charge in [0.1, 0.15) is 5.58 Å². The Morgan fingerprint density at radius 1 is 0.970 bits per heavy atom. The number of aryl methyl sites for hydroxylation is 2. The summed E-state index contributed by atoms with van der Waals surface area (Å²) in [5.41, 5.74) is 6.93. The Morgan fingerprint density at radius 3 is 2.36 bits per heavy atom. The molecular weight excluding hydrogens is 442 g/mol. The molecule has 0 radical (unpaired) electrons. The summed E-state index contributed by atoms with van der Waals surface area (Å²) >= 11 is 0. The van der Waals surface area contributed by atoms with Crippen LogP contribution in [0.5, 0.6) is 0 Å². The topological polar surface area (TPSA) is 109 Å². The first-order valence-corrected chi connectivity index (χ1v) is 12.5. The summed E-state index contributed by atoms with van der Waals surface area (Å²) in [6.45, 7) is 2.91. The van der Waals surface area contributed by atoms with Crippen LogP contribution in [0.1, 0.15) is 47.4 Å². The molecule has 3 aromatic rings. The number of piperidine rings is 1. The molecule has 0 saturated carbocycles. The fourth-order valence-electron chi connectivity index (χ4n) is 3.98. The van der Waals surface area contributed by atoms with Gasteiger partial charge in [-0.3, -0.25) is 20.4 Å². The largest absolute Gasteiger partial charge is 0.451 e. The first-order valence-electron chi connectivity index (χ1n) is 11.0. The average molecular weight is 470 g/mol. The fourth-order valence-corrected chi connectivity index (χ4v) is 5.49. The summed E-state index contributed by atoms with van der Waals surface area (Å²) in [5, 5.41) is 0.847. The number of para-hydroxylation sites is 1. The van der Waals surface area contributed by atoms with Crippen LogP contribution in [0.2, 0.25) is 0 Å². The quantitative estimate of drug-likeness (QED) is 0.539. The average Bonchev–Trinajstić information content (AvgIpc) is 3.18. The molecular formula is C24H27N3O5S. The second-order valence-electron chi connectivity index (χ2n) is 8.16. The summed E-state index contributed by atoms with van der Waals surface area (Å²) in [6, 6.07) is 14.0. The number of amides is 2. The Hall–Kier alpha value is -3.17. The Kier molecular flexibility index (Phi) is 6.80. The van der Waals surface area contributed by atoms with E-state index >= 15 is 0 Å². The van der Waals surface area contributed by atoms with Gasteiger partial charge in [-0.15, -0.1) is 0 Å². The van der Waals surface area contributed by atoms with E-state index in [1.54, 1.807) is 37.3 Å². The molecule has 8 nitrogen and oxygen atoms in total. The fraction of sp³-hybridized carbons (Fsp3) is 0.333. The molecule has 0 spiro atoms. The van der Waals surface area contributed by atoms with E-state index in [2.05, 4.69) is 10.9 Å². The van der Waals surface area contributed by atoms with E-state index in [0.29, 0.717) is 30.7 Å². The van der Waals surface area contributed by atoms with Crippen LogP contribution in [0.25, 0.3) is 11.0 Å². The van der Waals surface area contributed by atoms with Gasteiger partial charge in [0.2, 0.25) is 15.9 Å². The van der Waals surface area contributed by atoms with E-state index in [-0.39, 0.29) is 23.0 Å². The summed E-state index contributed by atoms with van der Waals surface area (Å²) in [6.07, 6.45) is 3.39. The van der Waals surface area contributed by atoms with Crippen molar-refractivity contribution in [2.45, 2.75) is 43.9 Å². The normalized spacial score (nSPS) is 14.8. The highest BCUT2D eigenvalue weighted by Crippen LogP contribution is 2.24. The molecule has 1 fully saturated rings. The van der Waals surface area contributed by atoms with Gasteiger partial charge in [-0.2, -0.15) is 4.31 Å². The van der Waals surface area contributed by atoms with Crippen molar-refractivity contribution >= 4 is 32.8 Å². The SMILES string of the molecule is Cc1c(C(=O)NNC(=O)CCc2ccc(S(=O)(=O)N3CCCCC3)cc2)oc2ccccc12. The molecule has 1 aliphatic rings. The lowest BCUT2D eigenvalue weighted by molar-refractivity contribution is -0.121. The lowest BCUT2D eigenvalue weighted by Gasteiger charge is -2.25. The highest BCUT2D eigenvalue weighted by molar-refractivity contribution is 7.89. The minimum absolute atomic E-state index is 0.137. The number of hydrogen-bond donors (Lipinski definition) is 2. The van der Waals surface area contributed by atoms with E-state index in [0.717, 1.165) is 30.2 Å². The van der Waals surface area contributed by atoms with Gasteiger partial charge in [-0.1, -0.05) is 36.8 Å². The van der Waals surface area contributed by atoms with Gasteiger partial charge in [0.05, 0.1) is 4.90 Å². The van der Waals surface area contributed by atoms with Crippen LogP contribution in [0, 0.1) is 6.92 Å². The van der Waals surface area contributed by atoms with Crippen LogP contribution < -0.4 is 10.9 Å². The van der Waals surface area contributed by atoms with Gasteiger partial charge in [-0.25, -0.2) is 8.42 Å². The third kappa shape index (κ3) is 5.09. The van der Waals surface area contributed by atoms with Crippen LogP contribution in [-0.4, -0.2) is 37.6 Å². The second-order valence-corrected chi connectivity index (χ2v) is 10.1. The summed E-state index contributed by atoms with van der Waals surface area (Å²) in [4.78, 5) is 24.8. The van der Waals surface area contributed by atoms with E-state index < -0.39 is 15.9 Å². The number of rotatable bonds is 6. The number of carbonyl (C=O) groups is 2. The highest BCUT2D eigenvalue weighted by atomic mass is 32.2. The molecule has 0 aliphatic carbocycles. The Morgan fingerprint density at radius 2 is 1.67 bits per heavy atom.